The van der Waals surface area contributed by atoms with Crippen LogP contribution in [0.3, 0.4) is 0 Å². The fraction of sp³-hybridized carbons (Fsp3) is 0.529. The summed E-state index contributed by atoms with van der Waals surface area (Å²) in [5, 5.41) is 2.99. The van der Waals surface area contributed by atoms with Crippen LogP contribution in [0.15, 0.2) is 29.2 Å². The van der Waals surface area contributed by atoms with Gasteiger partial charge in [0.05, 0.1) is 31.3 Å². The molecule has 6 nitrogen and oxygen atoms in total. The monoisotopic (exact) mass is 314 g/mol. The lowest BCUT2D eigenvalue weighted by molar-refractivity contribution is -0.121. The van der Waals surface area contributed by atoms with Crippen LogP contribution in [0.5, 0.6) is 0 Å². The first-order chi connectivity index (χ1) is 11.3. The number of rotatable bonds is 6. The van der Waals surface area contributed by atoms with E-state index >= 15 is 0 Å². The van der Waals surface area contributed by atoms with E-state index < -0.39 is 0 Å². The number of carbonyl (C=O) groups is 1. The zero-order valence-electron chi connectivity index (χ0n) is 13.2. The summed E-state index contributed by atoms with van der Waals surface area (Å²) >= 11 is 0. The van der Waals surface area contributed by atoms with Crippen molar-refractivity contribution in [3.63, 3.8) is 0 Å². The van der Waals surface area contributed by atoms with Crippen LogP contribution >= 0.6 is 0 Å². The van der Waals surface area contributed by atoms with Crippen LogP contribution in [0, 0.1) is 5.92 Å². The van der Waals surface area contributed by atoms with Crippen LogP contribution in [-0.4, -0.2) is 26.9 Å². The second kappa shape index (κ2) is 6.20. The van der Waals surface area contributed by atoms with Gasteiger partial charge in [-0.05, 0) is 24.8 Å². The van der Waals surface area contributed by atoms with E-state index in [4.69, 9.17) is 4.42 Å². The van der Waals surface area contributed by atoms with Gasteiger partial charge in [-0.2, -0.15) is 0 Å². The molecule has 1 aliphatic heterocycles. The molecule has 2 aliphatic rings. The zero-order valence-corrected chi connectivity index (χ0v) is 13.2. The Hall–Kier alpha value is -2.08. The van der Waals surface area contributed by atoms with Gasteiger partial charge in [0, 0.05) is 37.8 Å². The van der Waals surface area contributed by atoms with Crippen molar-refractivity contribution in [3.05, 3.63) is 41.9 Å². The highest BCUT2D eigenvalue weighted by atomic mass is 16.3. The van der Waals surface area contributed by atoms with E-state index in [2.05, 4.69) is 26.0 Å². The zero-order chi connectivity index (χ0) is 15.6. The van der Waals surface area contributed by atoms with Gasteiger partial charge in [0.1, 0.15) is 5.82 Å². The Labute approximate surface area is 135 Å². The van der Waals surface area contributed by atoms with Crippen LogP contribution in [0.2, 0.25) is 0 Å². The lowest BCUT2D eigenvalue weighted by Crippen LogP contribution is -2.33. The van der Waals surface area contributed by atoms with Gasteiger partial charge < -0.3 is 14.3 Å². The number of nitrogens with zero attached hydrogens (tertiary/aromatic N) is 3. The molecule has 1 amide bonds. The van der Waals surface area contributed by atoms with E-state index in [0.29, 0.717) is 18.9 Å². The summed E-state index contributed by atoms with van der Waals surface area (Å²) in [6.07, 6.45) is 8.66. The highest BCUT2D eigenvalue weighted by Crippen LogP contribution is 2.32. The van der Waals surface area contributed by atoms with Crippen molar-refractivity contribution in [2.45, 2.75) is 45.4 Å². The van der Waals surface area contributed by atoms with Gasteiger partial charge in [0.15, 0.2) is 0 Å². The highest BCUT2D eigenvalue weighted by molar-refractivity contribution is 5.76. The summed E-state index contributed by atoms with van der Waals surface area (Å²) < 4.78 is 7.33. The Bertz CT molecular complexity index is 673. The molecule has 122 valence electrons. The minimum Gasteiger partial charge on any atom is -0.472 e. The SMILES string of the molecule is O=C(CC1CC1)NCc1cn2c(n1)CN(Cc1ccoc1)CC2. The smallest absolute Gasteiger partial charge is 0.220 e. The number of furan rings is 1. The van der Waals surface area contributed by atoms with Crippen molar-refractivity contribution in [1.82, 2.24) is 19.8 Å². The third kappa shape index (κ3) is 3.64. The number of imidazole rings is 1. The molecule has 3 heterocycles. The molecular formula is C17H22N4O2. The number of carbonyl (C=O) groups excluding carboxylic acids is 1. The van der Waals surface area contributed by atoms with Crippen molar-refractivity contribution >= 4 is 5.91 Å². The van der Waals surface area contributed by atoms with Crippen LogP contribution < -0.4 is 5.32 Å². The normalized spacial score (nSPS) is 17.9. The Balaban J connectivity index is 1.32. The molecular weight excluding hydrogens is 292 g/mol. The average molecular weight is 314 g/mol. The van der Waals surface area contributed by atoms with Crippen LogP contribution in [-0.2, 0) is 31.0 Å². The molecule has 23 heavy (non-hydrogen) atoms. The topological polar surface area (TPSA) is 63.3 Å². The molecule has 1 fully saturated rings. The molecule has 0 spiro atoms. The molecule has 0 radical (unpaired) electrons. The second-order valence-electron chi connectivity index (χ2n) is 6.61. The second-order valence-corrected chi connectivity index (χ2v) is 6.61. The fourth-order valence-corrected chi connectivity index (χ4v) is 3.07. The van der Waals surface area contributed by atoms with Crippen LogP contribution in [0.1, 0.15) is 36.3 Å². The third-order valence-electron chi connectivity index (χ3n) is 4.56. The van der Waals surface area contributed by atoms with E-state index in [1.807, 2.05) is 6.07 Å². The van der Waals surface area contributed by atoms with Gasteiger partial charge in [-0.25, -0.2) is 4.98 Å². The summed E-state index contributed by atoms with van der Waals surface area (Å²) in [6.45, 7) is 4.20. The summed E-state index contributed by atoms with van der Waals surface area (Å²) in [4.78, 5) is 18.8. The van der Waals surface area contributed by atoms with Gasteiger partial charge >= 0.3 is 0 Å². The maximum atomic E-state index is 11.8. The first-order valence-corrected chi connectivity index (χ1v) is 8.31. The molecule has 2 aromatic heterocycles. The summed E-state index contributed by atoms with van der Waals surface area (Å²) in [5.74, 6) is 1.85. The molecule has 2 aromatic rings. The molecule has 0 aromatic carbocycles. The number of hydrogen-bond donors (Lipinski definition) is 1. The minimum absolute atomic E-state index is 0.153. The van der Waals surface area contributed by atoms with Crippen molar-refractivity contribution in [2.24, 2.45) is 5.92 Å². The van der Waals surface area contributed by atoms with E-state index in [1.165, 1.54) is 18.4 Å². The number of aromatic nitrogens is 2. The largest absolute Gasteiger partial charge is 0.472 e. The van der Waals surface area contributed by atoms with Crippen LogP contribution in [0.25, 0.3) is 0 Å². The quantitative estimate of drug-likeness (QED) is 0.884. The molecule has 0 saturated heterocycles. The van der Waals surface area contributed by atoms with Crippen molar-refractivity contribution < 1.29 is 9.21 Å². The fourth-order valence-electron chi connectivity index (χ4n) is 3.07. The molecule has 6 heteroatoms. The van der Waals surface area contributed by atoms with Crippen LogP contribution in [0.4, 0.5) is 0 Å². The van der Waals surface area contributed by atoms with E-state index in [9.17, 15) is 4.79 Å². The summed E-state index contributed by atoms with van der Waals surface area (Å²) in [5.41, 5.74) is 2.15. The maximum Gasteiger partial charge on any atom is 0.220 e. The minimum atomic E-state index is 0.153. The standard InChI is InChI=1S/C17H22N4O2/c22-17(7-13-1-2-13)18-8-15-10-21-5-4-20(11-16(21)19-15)9-14-3-6-23-12-14/h3,6,10,12-13H,1-2,4-5,7-9,11H2,(H,18,22). The van der Waals surface area contributed by atoms with Crippen molar-refractivity contribution in [3.8, 4) is 0 Å². The number of hydrogen-bond acceptors (Lipinski definition) is 4. The van der Waals surface area contributed by atoms with Gasteiger partial charge in [-0.15, -0.1) is 0 Å². The van der Waals surface area contributed by atoms with Crippen molar-refractivity contribution in [2.75, 3.05) is 6.54 Å². The maximum absolute atomic E-state index is 11.8. The predicted molar refractivity (Wildman–Crippen MR) is 84.2 cm³/mol. The number of nitrogens with one attached hydrogen (secondary N) is 1. The number of fused-ring (bicyclic) bond motifs is 1. The first kappa shape index (κ1) is 14.5. The molecule has 0 bridgehead atoms. The van der Waals surface area contributed by atoms with Crippen molar-refractivity contribution in [1.29, 1.82) is 0 Å². The molecule has 0 atom stereocenters. The molecule has 1 aliphatic carbocycles. The highest BCUT2D eigenvalue weighted by Gasteiger charge is 2.24. The molecule has 4 rings (SSSR count). The lowest BCUT2D eigenvalue weighted by atomic mass is 10.3. The summed E-state index contributed by atoms with van der Waals surface area (Å²) in [6, 6.07) is 2.00. The molecule has 1 saturated carbocycles. The summed E-state index contributed by atoms with van der Waals surface area (Å²) in [7, 11) is 0. The Kier molecular flexibility index (Phi) is 3.91. The third-order valence-corrected chi connectivity index (χ3v) is 4.56. The molecule has 1 N–H and O–H groups in total. The van der Waals surface area contributed by atoms with E-state index in [-0.39, 0.29) is 5.91 Å². The number of amides is 1. The van der Waals surface area contributed by atoms with Gasteiger partial charge in [-0.1, -0.05) is 0 Å². The first-order valence-electron chi connectivity index (χ1n) is 8.31. The average Bonchev–Trinajstić information content (AvgIpc) is 3.05. The lowest BCUT2D eigenvalue weighted by Gasteiger charge is -2.26. The Morgan fingerprint density at radius 1 is 1.39 bits per heavy atom. The van der Waals surface area contributed by atoms with Gasteiger partial charge in [0.2, 0.25) is 5.91 Å². The Morgan fingerprint density at radius 3 is 3.09 bits per heavy atom. The van der Waals surface area contributed by atoms with Gasteiger partial charge in [-0.3, -0.25) is 9.69 Å². The molecule has 0 unspecified atom stereocenters. The van der Waals surface area contributed by atoms with E-state index in [0.717, 1.165) is 37.7 Å². The Morgan fingerprint density at radius 2 is 2.30 bits per heavy atom. The van der Waals surface area contributed by atoms with E-state index in [1.54, 1.807) is 12.5 Å². The predicted octanol–water partition coefficient (Wildman–Crippen LogP) is 1.91. The van der Waals surface area contributed by atoms with Gasteiger partial charge in [0.25, 0.3) is 0 Å².